The average Bonchev–Trinajstić information content (AvgIpc) is 2.09. The molecule has 0 saturated carbocycles. The van der Waals surface area contributed by atoms with Crippen molar-refractivity contribution in [1.82, 2.24) is 10.6 Å². The molecule has 2 amide bonds. The molecule has 0 saturated heterocycles. The zero-order valence-corrected chi connectivity index (χ0v) is 8.25. The summed E-state index contributed by atoms with van der Waals surface area (Å²) in [7, 11) is 0. The average molecular weight is 203 g/mol. The van der Waals surface area contributed by atoms with Gasteiger partial charge in [0, 0.05) is 6.54 Å². The molecule has 0 rings (SSSR count). The van der Waals surface area contributed by atoms with Gasteiger partial charge in [0.15, 0.2) is 0 Å². The molecule has 6 heteroatoms. The summed E-state index contributed by atoms with van der Waals surface area (Å²) in [4.78, 5) is 20.9. The third kappa shape index (κ3) is 6.24. The molecular formula is C8H17N3O3. The highest BCUT2D eigenvalue weighted by atomic mass is 16.4. The minimum absolute atomic E-state index is 0.407. The Hall–Kier alpha value is -1.30. The van der Waals surface area contributed by atoms with Crippen LogP contribution in [0.25, 0.3) is 0 Å². The van der Waals surface area contributed by atoms with Crippen LogP contribution in [0.5, 0.6) is 0 Å². The van der Waals surface area contributed by atoms with Crippen molar-refractivity contribution in [3.63, 3.8) is 0 Å². The van der Waals surface area contributed by atoms with Crippen LogP contribution < -0.4 is 16.4 Å². The lowest BCUT2D eigenvalue weighted by Gasteiger charge is -2.12. The van der Waals surface area contributed by atoms with Crippen LogP contribution in [0, 0.1) is 0 Å². The second kappa shape index (κ2) is 7.14. The molecule has 0 spiro atoms. The molecule has 0 aliphatic carbocycles. The number of primary amides is 1. The molecule has 0 unspecified atom stereocenters. The van der Waals surface area contributed by atoms with E-state index in [4.69, 9.17) is 10.8 Å². The first kappa shape index (κ1) is 12.7. The second-order valence-corrected chi connectivity index (χ2v) is 2.88. The van der Waals surface area contributed by atoms with Crippen molar-refractivity contribution >= 4 is 12.0 Å². The molecule has 0 aromatic carbocycles. The first-order valence-corrected chi connectivity index (χ1v) is 4.57. The zero-order chi connectivity index (χ0) is 11.0. The predicted molar refractivity (Wildman–Crippen MR) is 51.9 cm³/mol. The highest BCUT2D eigenvalue weighted by Crippen LogP contribution is 1.96. The molecule has 0 aromatic rings. The third-order valence-electron chi connectivity index (χ3n) is 1.72. The summed E-state index contributed by atoms with van der Waals surface area (Å²) in [6.45, 7) is 2.86. The van der Waals surface area contributed by atoms with E-state index < -0.39 is 18.0 Å². The maximum absolute atomic E-state index is 10.6. The molecule has 0 bridgehead atoms. The Labute approximate surface area is 82.9 Å². The van der Waals surface area contributed by atoms with Crippen molar-refractivity contribution < 1.29 is 14.7 Å². The Kier molecular flexibility index (Phi) is 6.47. The van der Waals surface area contributed by atoms with Gasteiger partial charge in [-0.2, -0.15) is 0 Å². The minimum Gasteiger partial charge on any atom is -0.480 e. The normalized spacial score (nSPS) is 12.1. The quantitative estimate of drug-likeness (QED) is 0.418. The Morgan fingerprint density at radius 2 is 2.14 bits per heavy atom. The van der Waals surface area contributed by atoms with Crippen LogP contribution in [0.4, 0.5) is 4.79 Å². The number of aliphatic carboxylic acids is 1. The highest BCUT2D eigenvalue weighted by molar-refractivity contribution is 5.73. The Bertz CT molecular complexity index is 196. The number of carbonyl (C=O) groups is 2. The van der Waals surface area contributed by atoms with Gasteiger partial charge >= 0.3 is 12.0 Å². The first-order chi connectivity index (χ1) is 6.57. The van der Waals surface area contributed by atoms with E-state index in [9.17, 15) is 9.59 Å². The van der Waals surface area contributed by atoms with Gasteiger partial charge in [-0.05, 0) is 19.4 Å². The number of hydrogen-bond donors (Lipinski definition) is 4. The van der Waals surface area contributed by atoms with Crippen LogP contribution in [0.2, 0.25) is 0 Å². The summed E-state index contributed by atoms with van der Waals surface area (Å²) in [6.07, 6.45) is 1.07. The fourth-order valence-electron chi connectivity index (χ4n) is 1.08. The molecule has 1 atom stereocenters. The van der Waals surface area contributed by atoms with Crippen molar-refractivity contribution in [2.24, 2.45) is 5.73 Å². The number of carboxylic acids is 1. The summed E-state index contributed by atoms with van der Waals surface area (Å²) in [5, 5.41) is 14.0. The molecule has 5 N–H and O–H groups in total. The number of urea groups is 1. The number of nitrogens with one attached hydrogen (secondary N) is 2. The third-order valence-corrected chi connectivity index (χ3v) is 1.72. The number of amides is 2. The van der Waals surface area contributed by atoms with Gasteiger partial charge in [-0.1, -0.05) is 6.92 Å². The molecule has 82 valence electrons. The second-order valence-electron chi connectivity index (χ2n) is 2.88. The fourth-order valence-corrected chi connectivity index (χ4v) is 1.08. The molecule has 0 aliphatic heterocycles. The zero-order valence-electron chi connectivity index (χ0n) is 8.25. The summed E-state index contributed by atoms with van der Waals surface area (Å²) in [5.41, 5.74) is 4.85. The number of likely N-dealkylation sites (N-methyl/N-ethyl adjacent to an activating group) is 1. The monoisotopic (exact) mass is 203 g/mol. The molecule has 0 fully saturated rings. The number of hydrogen-bond acceptors (Lipinski definition) is 3. The van der Waals surface area contributed by atoms with Crippen LogP contribution in [-0.4, -0.2) is 36.2 Å². The van der Waals surface area contributed by atoms with Gasteiger partial charge in [0.05, 0.1) is 0 Å². The van der Waals surface area contributed by atoms with E-state index in [1.807, 2.05) is 6.92 Å². The highest BCUT2D eigenvalue weighted by Gasteiger charge is 2.14. The Morgan fingerprint density at radius 1 is 1.50 bits per heavy atom. The fraction of sp³-hybridized carbons (Fsp3) is 0.750. The maximum atomic E-state index is 10.6. The smallest absolute Gasteiger partial charge is 0.320 e. The number of rotatable bonds is 7. The van der Waals surface area contributed by atoms with E-state index in [2.05, 4.69) is 10.6 Å². The van der Waals surface area contributed by atoms with E-state index in [1.165, 1.54) is 0 Å². The lowest BCUT2D eigenvalue weighted by Crippen LogP contribution is -2.37. The summed E-state index contributed by atoms with van der Waals surface area (Å²) in [6, 6.07) is -1.13. The molecule has 0 aliphatic rings. The van der Waals surface area contributed by atoms with Crippen molar-refractivity contribution in [3.8, 4) is 0 Å². The van der Waals surface area contributed by atoms with E-state index in [1.54, 1.807) is 0 Å². The van der Waals surface area contributed by atoms with Gasteiger partial charge < -0.3 is 21.5 Å². The largest absolute Gasteiger partial charge is 0.480 e. The Morgan fingerprint density at radius 3 is 2.57 bits per heavy atom. The standard InChI is InChI=1S/C8H17N3O3/c1-2-10-6(7(12)13)4-3-5-11-8(9)14/h6,10H,2-5H2,1H3,(H,12,13)(H3,9,11,14)/t6-/m0/s1. The van der Waals surface area contributed by atoms with Crippen LogP contribution >= 0.6 is 0 Å². The van der Waals surface area contributed by atoms with Gasteiger partial charge in [-0.15, -0.1) is 0 Å². The van der Waals surface area contributed by atoms with Gasteiger partial charge in [0.25, 0.3) is 0 Å². The van der Waals surface area contributed by atoms with Crippen LogP contribution in [0.15, 0.2) is 0 Å². The lowest BCUT2D eigenvalue weighted by molar-refractivity contribution is -0.139. The van der Waals surface area contributed by atoms with E-state index in [0.29, 0.717) is 25.9 Å². The van der Waals surface area contributed by atoms with E-state index in [-0.39, 0.29) is 0 Å². The van der Waals surface area contributed by atoms with Crippen molar-refractivity contribution in [2.75, 3.05) is 13.1 Å². The topological polar surface area (TPSA) is 104 Å². The summed E-state index contributed by atoms with van der Waals surface area (Å²) < 4.78 is 0. The van der Waals surface area contributed by atoms with E-state index >= 15 is 0 Å². The minimum atomic E-state index is -0.870. The molecule has 14 heavy (non-hydrogen) atoms. The van der Waals surface area contributed by atoms with Gasteiger partial charge in [-0.3, -0.25) is 4.79 Å². The Balaban J connectivity index is 3.61. The first-order valence-electron chi connectivity index (χ1n) is 4.57. The number of nitrogens with two attached hydrogens (primary N) is 1. The van der Waals surface area contributed by atoms with Crippen LogP contribution in [-0.2, 0) is 4.79 Å². The predicted octanol–water partition coefficient (Wildman–Crippen LogP) is -0.502. The van der Waals surface area contributed by atoms with Gasteiger partial charge in [0.2, 0.25) is 0 Å². The van der Waals surface area contributed by atoms with Crippen molar-refractivity contribution in [2.45, 2.75) is 25.8 Å². The van der Waals surface area contributed by atoms with Crippen LogP contribution in [0.3, 0.4) is 0 Å². The van der Waals surface area contributed by atoms with Gasteiger partial charge in [-0.25, -0.2) is 4.79 Å². The molecule has 0 heterocycles. The maximum Gasteiger partial charge on any atom is 0.320 e. The molecular weight excluding hydrogens is 186 g/mol. The summed E-state index contributed by atoms with van der Waals surface area (Å²) in [5.74, 6) is -0.870. The van der Waals surface area contributed by atoms with Crippen LogP contribution in [0.1, 0.15) is 19.8 Å². The van der Waals surface area contributed by atoms with Crippen molar-refractivity contribution in [1.29, 1.82) is 0 Å². The van der Waals surface area contributed by atoms with Gasteiger partial charge in [0.1, 0.15) is 6.04 Å². The molecule has 6 nitrogen and oxygen atoms in total. The van der Waals surface area contributed by atoms with E-state index in [0.717, 1.165) is 0 Å². The molecule has 0 radical (unpaired) electrons. The molecule has 0 aromatic heterocycles. The number of carboxylic acid groups (broad SMARTS) is 1. The van der Waals surface area contributed by atoms with Crippen molar-refractivity contribution in [3.05, 3.63) is 0 Å². The number of carbonyl (C=O) groups excluding carboxylic acids is 1. The lowest BCUT2D eigenvalue weighted by atomic mass is 10.1. The summed E-state index contributed by atoms with van der Waals surface area (Å²) >= 11 is 0. The SMILES string of the molecule is CCN[C@@H](CCCNC(N)=O)C(=O)O.